The average molecular weight is 314 g/mol. The minimum absolute atomic E-state index is 0.317. The van der Waals surface area contributed by atoms with E-state index in [1.165, 1.54) is 12.8 Å². The Morgan fingerprint density at radius 1 is 1.29 bits per heavy atom. The second-order valence-electron chi connectivity index (χ2n) is 5.51. The van der Waals surface area contributed by atoms with Gasteiger partial charge in [-0.2, -0.15) is 0 Å². The van der Waals surface area contributed by atoms with E-state index in [1.807, 2.05) is 4.57 Å². The third kappa shape index (κ3) is 4.29. The predicted octanol–water partition coefficient (Wildman–Crippen LogP) is 0.731. The van der Waals surface area contributed by atoms with Gasteiger partial charge in [0.05, 0.1) is 4.90 Å². The number of likely N-dealkylation sites (tertiary alicyclic amines) is 1. The van der Waals surface area contributed by atoms with Gasteiger partial charge in [-0.25, -0.2) is 13.1 Å². The lowest BCUT2D eigenvalue weighted by atomic mass is 10.4. The van der Waals surface area contributed by atoms with Gasteiger partial charge in [-0.1, -0.05) is 6.92 Å². The molecule has 0 aliphatic carbocycles. The van der Waals surface area contributed by atoms with Crippen LogP contribution in [0.15, 0.2) is 17.2 Å². The normalized spacial score (nSPS) is 16.7. The summed E-state index contributed by atoms with van der Waals surface area (Å²) >= 11 is 0. The van der Waals surface area contributed by atoms with Crippen molar-refractivity contribution in [3.8, 4) is 0 Å². The first-order chi connectivity index (χ1) is 10.1. The Labute approximate surface area is 127 Å². The number of rotatable bonds is 8. The molecule has 1 aromatic rings. The first-order valence-electron chi connectivity index (χ1n) is 7.68. The molecule has 2 rings (SSSR count). The summed E-state index contributed by atoms with van der Waals surface area (Å²) in [6.07, 6.45) is 5.06. The third-order valence-electron chi connectivity index (χ3n) is 3.86. The highest BCUT2D eigenvalue weighted by Gasteiger charge is 2.18. The molecule has 1 aliphatic heterocycles. The van der Waals surface area contributed by atoms with E-state index in [0.29, 0.717) is 18.0 Å². The molecule has 0 bridgehead atoms. The number of aromatic nitrogens is 1. The van der Waals surface area contributed by atoms with Crippen molar-refractivity contribution in [2.45, 2.75) is 44.2 Å². The van der Waals surface area contributed by atoms with Crippen molar-refractivity contribution < 1.29 is 8.42 Å². The Balaban J connectivity index is 1.97. The number of nitrogens with one attached hydrogen (secondary N) is 1. The molecule has 0 saturated carbocycles. The van der Waals surface area contributed by atoms with E-state index in [0.717, 1.165) is 38.3 Å². The van der Waals surface area contributed by atoms with Crippen LogP contribution in [0.25, 0.3) is 0 Å². The first-order valence-corrected chi connectivity index (χ1v) is 9.16. The molecule has 1 saturated heterocycles. The number of nitrogens with two attached hydrogens (primary N) is 1. The number of sulfonamides is 1. The summed E-state index contributed by atoms with van der Waals surface area (Å²) in [6.45, 7) is 6.58. The van der Waals surface area contributed by atoms with Gasteiger partial charge in [0, 0.05) is 38.1 Å². The summed E-state index contributed by atoms with van der Waals surface area (Å²) in [5.74, 6) is 0. The molecule has 0 aromatic carbocycles. The number of aryl methyl sites for hydroxylation is 1. The van der Waals surface area contributed by atoms with E-state index in [2.05, 4.69) is 16.5 Å². The maximum atomic E-state index is 12.3. The molecule has 1 aromatic heterocycles. The molecule has 0 atom stereocenters. The Bertz CT molecular complexity index is 547. The van der Waals surface area contributed by atoms with E-state index in [9.17, 15) is 8.42 Å². The molecule has 3 N–H and O–H groups in total. The minimum Gasteiger partial charge on any atom is -0.349 e. The zero-order chi connectivity index (χ0) is 15.3. The molecule has 1 fully saturated rings. The maximum absolute atomic E-state index is 12.3. The van der Waals surface area contributed by atoms with Gasteiger partial charge in [0.1, 0.15) is 0 Å². The van der Waals surface area contributed by atoms with Crippen LogP contribution in [0, 0.1) is 0 Å². The van der Waals surface area contributed by atoms with E-state index >= 15 is 0 Å². The van der Waals surface area contributed by atoms with E-state index < -0.39 is 10.0 Å². The van der Waals surface area contributed by atoms with Crippen molar-refractivity contribution in [3.05, 3.63) is 18.0 Å². The second-order valence-corrected chi connectivity index (χ2v) is 7.28. The van der Waals surface area contributed by atoms with Gasteiger partial charge in [-0.3, -0.25) is 0 Å². The van der Waals surface area contributed by atoms with Gasteiger partial charge in [0.2, 0.25) is 10.0 Å². The van der Waals surface area contributed by atoms with Gasteiger partial charge in [0.15, 0.2) is 0 Å². The molecule has 1 aliphatic rings. The molecular formula is C14H26N4O2S. The SMILES string of the molecule is CCCn1cc(S(=O)(=O)NCCN2CCCC2)cc1CN. The summed E-state index contributed by atoms with van der Waals surface area (Å²) in [5.41, 5.74) is 6.54. The molecule has 120 valence electrons. The summed E-state index contributed by atoms with van der Waals surface area (Å²) in [5, 5.41) is 0. The highest BCUT2D eigenvalue weighted by molar-refractivity contribution is 7.89. The van der Waals surface area contributed by atoms with E-state index in [4.69, 9.17) is 5.73 Å². The number of hydrogen-bond acceptors (Lipinski definition) is 4. The van der Waals surface area contributed by atoms with Crippen LogP contribution in [0.5, 0.6) is 0 Å². The Kier molecular flexibility index (Phi) is 5.80. The lowest BCUT2D eigenvalue weighted by Crippen LogP contribution is -2.33. The summed E-state index contributed by atoms with van der Waals surface area (Å²) in [7, 11) is -3.44. The van der Waals surface area contributed by atoms with Crippen LogP contribution in [0.3, 0.4) is 0 Å². The lowest BCUT2D eigenvalue weighted by Gasteiger charge is -2.14. The summed E-state index contributed by atoms with van der Waals surface area (Å²) in [4.78, 5) is 2.61. The lowest BCUT2D eigenvalue weighted by molar-refractivity contribution is 0.344. The van der Waals surface area contributed by atoms with E-state index in [1.54, 1.807) is 12.3 Å². The largest absolute Gasteiger partial charge is 0.349 e. The monoisotopic (exact) mass is 314 g/mol. The fourth-order valence-electron chi connectivity index (χ4n) is 2.72. The maximum Gasteiger partial charge on any atom is 0.242 e. The van der Waals surface area contributed by atoms with Crippen LogP contribution >= 0.6 is 0 Å². The molecule has 0 amide bonds. The van der Waals surface area contributed by atoms with Crippen LogP contribution in [0.4, 0.5) is 0 Å². The number of hydrogen-bond donors (Lipinski definition) is 2. The van der Waals surface area contributed by atoms with Gasteiger partial charge in [-0.05, 0) is 38.4 Å². The fraction of sp³-hybridized carbons (Fsp3) is 0.714. The Morgan fingerprint density at radius 2 is 2.00 bits per heavy atom. The highest BCUT2D eigenvalue weighted by Crippen LogP contribution is 2.15. The van der Waals surface area contributed by atoms with Crippen LogP contribution in [0.1, 0.15) is 31.9 Å². The molecule has 0 radical (unpaired) electrons. The zero-order valence-corrected chi connectivity index (χ0v) is 13.5. The van der Waals surface area contributed by atoms with E-state index in [-0.39, 0.29) is 0 Å². The fourth-order valence-corrected chi connectivity index (χ4v) is 3.80. The van der Waals surface area contributed by atoms with Gasteiger partial charge in [-0.15, -0.1) is 0 Å². The molecule has 2 heterocycles. The quantitative estimate of drug-likeness (QED) is 0.741. The van der Waals surface area contributed by atoms with Crippen molar-refractivity contribution in [1.82, 2.24) is 14.2 Å². The molecule has 21 heavy (non-hydrogen) atoms. The zero-order valence-electron chi connectivity index (χ0n) is 12.7. The van der Waals surface area contributed by atoms with Crippen LogP contribution in [-0.2, 0) is 23.1 Å². The molecule has 0 spiro atoms. The van der Waals surface area contributed by atoms with Crippen LogP contribution in [0.2, 0.25) is 0 Å². The smallest absolute Gasteiger partial charge is 0.242 e. The van der Waals surface area contributed by atoms with Gasteiger partial charge < -0.3 is 15.2 Å². The standard InChI is InChI=1S/C14H26N4O2S/c1-2-6-18-12-14(10-13(18)11-15)21(19,20)16-5-9-17-7-3-4-8-17/h10,12,16H,2-9,11,15H2,1H3. The minimum atomic E-state index is -3.44. The van der Waals surface area contributed by atoms with Crippen molar-refractivity contribution in [3.63, 3.8) is 0 Å². The first kappa shape index (κ1) is 16.5. The van der Waals surface area contributed by atoms with Crippen molar-refractivity contribution in [2.24, 2.45) is 5.73 Å². The summed E-state index contributed by atoms with van der Waals surface area (Å²) < 4.78 is 29.2. The second kappa shape index (κ2) is 7.40. The van der Waals surface area contributed by atoms with Crippen molar-refractivity contribution in [1.29, 1.82) is 0 Å². The average Bonchev–Trinajstić information content (AvgIpc) is 3.08. The highest BCUT2D eigenvalue weighted by atomic mass is 32.2. The van der Waals surface area contributed by atoms with Crippen molar-refractivity contribution in [2.75, 3.05) is 26.2 Å². The predicted molar refractivity (Wildman–Crippen MR) is 83.5 cm³/mol. The van der Waals surface area contributed by atoms with Crippen LogP contribution < -0.4 is 10.5 Å². The molecule has 7 heteroatoms. The molecular weight excluding hydrogens is 288 g/mol. The topological polar surface area (TPSA) is 80.4 Å². The van der Waals surface area contributed by atoms with Gasteiger partial charge in [0.25, 0.3) is 0 Å². The molecule has 0 unspecified atom stereocenters. The Hall–Kier alpha value is -0.890. The van der Waals surface area contributed by atoms with Gasteiger partial charge >= 0.3 is 0 Å². The molecule has 6 nitrogen and oxygen atoms in total. The number of nitrogens with zero attached hydrogens (tertiary/aromatic N) is 2. The van der Waals surface area contributed by atoms with Crippen LogP contribution in [-0.4, -0.2) is 44.1 Å². The Morgan fingerprint density at radius 3 is 2.62 bits per heavy atom. The van der Waals surface area contributed by atoms with Crippen molar-refractivity contribution >= 4 is 10.0 Å². The summed E-state index contributed by atoms with van der Waals surface area (Å²) in [6, 6.07) is 1.67. The third-order valence-corrected chi connectivity index (χ3v) is 5.29.